The van der Waals surface area contributed by atoms with Crippen molar-refractivity contribution in [3.8, 4) is 0 Å². The van der Waals surface area contributed by atoms with Crippen LogP contribution in [0.2, 0.25) is 0 Å². The highest BCUT2D eigenvalue weighted by Gasteiger charge is 2.20. The van der Waals surface area contributed by atoms with Gasteiger partial charge in [0.25, 0.3) is 0 Å². The molecule has 6 heteroatoms. The summed E-state index contributed by atoms with van der Waals surface area (Å²) in [4.78, 5) is 14.5. The topological polar surface area (TPSA) is 62.8 Å². The summed E-state index contributed by atoms with van der Waals surface area (Å²) < 4.78 is 3.08. The van der Waals surface area contributed by atoms with Crippen LogP contribution in [-0.2, 0) is 6.54 Å². The lowest BCUT2D eigenvalue weighted by atomic mass is 10.1. The van der Waals surface area contributed by atoms with E-state index in [4.69, 9.17) is 0 Å². The maximum Gasteiger partial charge on any atom is 0.350 e. The van der Waals surface area contributed by atoms with Crippen molar-refractivity contribution in [1.82, 2.24) is 19.1 Å². The average molecular weight is 290 g/mol. The highest BCUT2D eigenvalue weighted by Crippen LogP contribution is 2.16. The van der Waals surface area contributed by atoms with E-state index in [1.165, 1.54) is 17.5 Å². The maximum absolute atomic E-state index is 12.2. The lowest BCUT2D eigenvalue weighted by Gasteiger charge is -2.28. The zero-order chi connectivity index (χ0) is 14.7. The van der Waals surface area contributed by atoms with E-state index in [2.05, 4.69) is 10.00 Å². The summed E-state index contributed by atoms with van der Waals surface area (Å²) in [6.07, 6.45) is 6.34. The van der Waals surface area contributed by atoms with Crippen LogP contribution in [0.15, 0.2) is 29.2 Å². The molecule has 1 unspecified atom stereocenters. The molecule has 2 aromatic heterocycles. The molecule has 0 aliphatic carbocycles. The van der Waals surface area contributed by atoms with Gasteiger partial charge < -0.3 is 5.11 Å². The van der Waals surface area contributed by atoms with Gasteiger partial charge in [-0.2, -0.15) is 0 Å². The molecule has 114 valence electrons. The highest BCUT2D eigenvalue weighted by atomic mass is 16.3. The summed E-state index contributed by atoms with van der Waals surface area (Å²) in [5, 5.41) is 13.9. The zero-order valence-corrected chi connectivity index (χ0v) is 12.2. The molecule has 21 heavy (non-hydrogen) atoms. The first-order valence-electron chi connectivity index (χ1n) is 7.69. The first-order chi connectivity index (χ1) is 10.3. The molecule has 3 heterocycles. The Morgan fingerprint density at radius 1 is 1.24 bits per heavy atom. The molecule has 1 fully saturated rings. The summed E-state index contributed by atoms with van der Waals surface area (Å²) in [5.74, 6) is 0. The van der Waals surface area contributed by atoms with Crippen molar-refractivity contribution in [2.75, 3.05) is 19.7 Å². The van der Waals surface area contributed by atoms with Crippen LogP contribution in [0.3, 0.4) is 0 Å². The number of fused-ring (bicyclic) bond motifs is 1. The van der Waals surface area contributed by atoms with Crippen molar-refractivity contribution < 1.29 is 5.11 Å². The third-order valence-corrected chi connectivity index (χ3v) is 4.30. The summed E-state index contributed by atoms with van der Waals surface area (Å²) in [6.45, 7) is 2.51. The number of hydrogen-bond acceptors (Lipinski definition) is 4. The molecule has 1 aliphatic rings. The van der Waals surface area contributed by atoms with Crippen molar-refractivity contribution in [3.05, 3.63) is 34.9 Å². The van der Waals surface area contributed by atoms with Gasteiger partial charge in [0.1, 0.15) is 0 Å². The fraction of sp³-hybridized carbons (Fsp3) is 0.600. The Hall–Kier alpha value is -1.66. The Morgan fingerprint density at radius 3 is 2.95 bits per heavy atom. The fourth-order valence-corrected chi connectivity index (χ4v) is 3.07. The zero-order valence-electron chi connectivity index (χ0n) is 12.2. The van der Waals surface area contributed by atoms with E-state index >= 15 is 0 Å². The van der Waals surface area contributed by atoms with Crippen LogP contribution in [0.5, 0.6) is 0 Å². The summed E-state index contributed by atoms with van der Waals surface area (Å²) in [6, 6.07) is 5.76. The van der Waals surface area contributed by atoms with Crippen LogP contribution in [0.4, 0.5) is 0 Å². The SMILES string of the molecule is O=c1n(CCN2CCCCCC2CO)nc2ccccn12. The minimum Gasteiger partial charge on any atom is -0.395 e. The second-order valence-electron chi connectivity index (χ2n) is 5.66. The average Bonchev–Trinajstić information content (AvgIpc) is 2.70. The maximum atomic E-state index is 12.2. The molecule has 0 bridgehead atoms. The van der Waals surface area contributed by atoms with E-state index in [9.17, 15) is 9.90 Å². The Morgan fingerprint density at radius 2 is 2.14 bits per heavy atom. The predicted octanol–water partition coefficient (Wildman–Crippen LogP) is 0.733. The van der Waals surface area contributed by atoms with E-state index in [-0.39, 0.29) is 18.3 Å². The van der Waals surface area contributed by atoms with E-state index in [0.29, 0.717) is 12.2 Å². The van der Waals surface area contributed by atoms with Crippen molar-refractivity contribution >= 4 is 5.65 Å². The Kier molecular flexibility index (Phi) is 4.36. The monoisotopic (exact) mass is 290 g/mol. The number of hydrogen-bond donors (Lipinski definition) is 1. The van der Waals surface area contributed by atoms with Crippen LogP contribution in [0.25, 0.3) is 5.65 Å². The molecule has 1 saturated heterocycles. The van der Waals surface area contributed by atoms with E-state index < -0.39 is 0 Å². The van der Waals surface area contributed by atoms with Crippen LogP contribution >= 0.6 is 0 Å². The first-order valence-corrected chi connectivity index (χ1v) is 7.69. The van der Waals surface area contributed by atoms with Gasteiger partial charge in [0.2, 0.25) is 0 Å². The largest absolute Gasteiger partial charge is 0.395 e. The van der Waals surface area contributed by atoms with Crippen LogP contribution in [-0.4, -0.2) is 49.9 Å². The Balaban J connectivity index is 1.73. The smallest absolute Gasteiger partial charge is 0.350 e. The van der Waals surface area contributed by atoms with Gasteiger partial charge in [-0.3, -0.25) is 9.30 Å². The Bertz CT molecular complexity index is 648. The molecule has 0 aromatic carbocycles. The van der Waals surface area contributed by atoms with Crippen molar-refractivity contribution in [2.45, 2.75) is 38.3 Å². The lowest BCUT2D eigenvalue weighted by molar-refractivity contribution is 0.119. The summed E-state index contributed by atoms with van der Waals surface area (Å²) >= 11 is 0. The van der Waals surface area contributed by atoms with Crippen molar-refractivity contribution in [2.24, 2.45) is 0 Å². The van der Waals surface area contributed by atoms with Gasteiger partial charge in [-0.05, 0) is 31.5 Å². The molecule has 0 saturated carbocycles. The summed E-state index contributed by atoms with van der Waals surface area (Å²) in [7, 11) is 0. The quantitative estimate of drug-likeness (QED) is 0.902. The molecule has 2 aromatic rings. The molecule has 3 rings (SSSR count). The molecular weight excluding hydrogens is 268 g/mol. The van der Waals surface area contributed by atoms with E-state index in [1.54, 1.807) is 10.6 Å². The molecule has 1 atom stereocenters. The summed E-state index contributed by atoms with van der Waals surface area (Å²) in [5.41, 5.74) is 0.582. The minimum atomic E-state index is -0.0963. The molecule has 6 nitrogen and oxygen atoms in total. The van der Waals surface area contributed by atoms with Gasteiger partial charge in [-0.25, -0.2) is 9.48 Å². The highest BCUT2D eigenvalue weighted by molar-refractivity contribution is 5.35. The van der Waals surface area contributed by atoms with E-state index in [0.717, 1.165) is 25.9 Å². The predicted molar refractivity (Wildman–Crippen MR) is 80.4 cm³/mol. The van der Waals surface area contributed by atoms with Crippen LogP contribution in [0.1, 0.15) is 25.7 Å². The van der Waals surface area contributed by atoms with Gasteiger partial charge in [-0.15, -0.1) is 5.10 Å². The first kappa shape index (κ1) is 14.3. The number of rotatable bonds is 4. The van der Waals surface area contributed by atoms with Gasteiger partial charge in [0.15, 0.2) is 5.65 Å². The number of aromatic nitrogens is 3. The fourth-order valence-electron chi connectivity index (χ4n) is 3.07. The van der Waals surface area contributed by atoms with Gasteiger partial charge in [-0.1, -0.05) is 18.9 Å². The number of likely N-dealkylation sites (tertiary alicyclic amines) is 1. The molecule has 0 spiro atoms. The number of nitrogens with zero attached hydrogens (tertiary/aromatic N) is 4. The molecular formula is C15H22N4O2. The van der Waals surface area contributed by atoms with Crippen molar-refractivity contribution in [1.29, 1.82) is 0 Å². The number of aliphatic hydroxyl groups is 1. The second kappa shape index (κ2) is 6.41. The standard InChI is InChI=1S/C15H22N4O2/c20-12-13-6-2-1-4-8-17(13)10-11-19-15(21)18-9-5-3-7-14(18)16-19/h3,5,7,9,13,20H,1-2,4,6,8,10-12H2. The number of aliphatic hydroxyl groups excluding tert-OH is 1. The van der Waals surface area contributed by atoms with Gasteiger partial charge in [0, 0.05) is 18.8 Å². The molecule has 0 amide bonds. The second-order valence-corrected chi connectivity index (χ2v) is 5.66. The van der Waals surface area contributed by atoms with Gasteiger partial charge in [0.05, 0.1) is 13.2 Å². The Labute approximate surface area is 123 Å². The van der Waals surface area contributed by atoms with Crippen LogP contribution < -0.4 is 5.69 Å². The molecule has 1 aliphatic heterocycles. The van der Waals surface area contributed by atoms with E-state index in [1.807, 2.05) is 18.2 Å². The third-order valence-electron chi connectivity index (χ3n) is 4.30. The lowest BCUT2D eigenvalue weighted by Crippen LogP contribution is -2.40. The van der Waals surface area contributed by atoms with Crippen LogP contribution in [0, 0.1) is 0 Å². The van der Waals surface area contributed by atoms with Gasteiger partial charge >= 0.3 is 5.69 Å². The normalized spacial score (nSPS) is 20.7. The molecule has 0 radical (unpaired) electrons. The third kappa shape index (κ3) is 3.01. The van der Waals surface area contributed by atoms with Crippen molar-refractivity contribution in [3.63, 3.8) is 0 Å². The molecule has 1 N–H and O–H groups in total. The minimum absolute atomic E-state index is 0.0963. The number of pyridine rings is 1.